The molecule has 40 heavy (non-hydrogen) atoms. The molecule has 3 fully saturated rings. The molecule has 3 rings (SSSR count). The van der Waals surface area contributed by atoms with E-state index in [2.05, 4.69) is 20.5 Å². The second-order valence-electron chi connectivity index (χ2n) is 11.2. The molecule has 0 aliphatic carbocycles. The monoisotopic (exact) mass is 569 g/mol. The number of halogens is 2. The van der Waals surface area contributed by atoms with Gasteiger partial charge in [0.05, 0.1) is 43.4 Å². The average Bonchev–Trinajstić information content (AvgIpc) is 2.95. The minimum absolute atomic E-state index is 0.0866. The molecule has 2 amide bonds. The van der Waals surface area contributed by atoms with E-state index in [1.165, 1.54) is 6.21 Å². The Bertz CT molecular complexity index is 876. The molecule has 12 heteroatoms. The van der Waals surface area contributed by atoms with E-state index in [1.54, 1.807) is 13.0 Å². The van der Waals surface area contributed by atoms with Crippen LogP contribution in [0, 0.1) is 11.8 Å². The number of aliphatic imine (C=N–C) groups is 1. The summed E-state index contributed by atoms with van der Waals surface area (Å²) in [5, 5.41) is 6.08. The van der Waals surface area contributed by atoms with Crippen LogP contribution >= 0.6 is 0 Å². The van der Waals surface area contributed by atoms with Gasteiger partial charge >= 0.3 is 0 Å². The zero-order valence-electron chi connectivity index (χ0n) is 24.2. The van der Waals surface area contributed by atoms with Gasteiger partial charge in [-0.15, -0.1) is 0 Å². The van der Waals surface area contributed by atoms with Gasteiger partial charge in [0.15, 0.2) is 0 Å². The largest absolute Gasteiger partial charge is 0.378 e. The molecule has 6 unspecified atom stereocenters. The number of likely N-dealkylation sites (tertiary alicyclic amines) is 1. The van der Waals surface area contributed by atoms with Crippen molar-refractivity contribution in [1.82, 2.24) is 20.4 Å². The van der Waals surface area contributed by atoms with Crippen LogP contribution in [-0.2, 0) is 14.3 Å². The van der Waals surface area contributed by atoms with E-state index < -0.39 is 48.5 Å². The van der Waals surface area contributed by atoms with Crippen molar-refractivity contribution >= 4 is 18.0 Å². The molecule has 0 saturated carbocycles. The number of hydrogen-bond donors (Lipinski definition) is 4. The van der Waals surface area contributed by atoms with Crippen molar-refractivity contribution in [2.75, 3.05) is 52.5 Å². The summed E-state index contributed by atoms with van der Waals surface area (Å²) in [6.45, 7) is 9.65. The maximum Gasteiger partial charge on any atom is 0.228 e. The van der Waals surface area contributed by atoms with Crippen molar-refractivity contribution in [2.24, 2.45) is 28.3 Å². The van der Waals surface area contributed by atoms with E-state index in [-0.39, 0.29) is 24.8 Å². The molecular formula is C28H49F2N7O3. The van der Waals surface area contributed by atoms with Crippen molar-refractivity contribution in [3.8, 4) is 0 Å². The van der Waals surface area contributed by atoms with Gasteiger partial charge in [0.1, 0.15) is 12.3 Å². The molecule has 0 radical (unpaired) electrons. The van der Waals surface area contributed by atoms with E-state index >= 15 is 4.39 Å². The minimum atomic E-state index is -1.24. The summed E-state index contributed by atoms with van der Waals surface area (Å²) in [4.78, 5) is 34.9. The molecule has 0 aromatic rings. The van der Waals surface area contributed by atoms with Gasteiger partial charge in [-0.3, -0.25) is 19.5 Å². The number of morpholine rings is 1. The van der Waals surface area contributed by atoms with Crippen molar-refractivity contribution in [3.63, 3.8) is 0 Å². The lowest BCUT2D eigenvalue weighted by Crippen LogP contribution is -2.67. The van der Waals surface area contributed by atoms with Crippen molar-refractivity contribution < 1.29 is 23.1 Å². The SMILES string of the molecule is CC/C(C)=C\C(N=CC(F)CC)C(C(=O)NC1CNCC(F)C1N1CCC(C(=O)N2CCOCC2)CC1)C(N)N. The molecule has 0 spiro atoms. The van der Waals surface area contributed by atoms with E-state index in [0.717, 1.165) is 12.0 Å². The lowest BCUT2D eigenvalue weighted by Gasteiger charge is -2.45. The van der Waals surface area contributed by atoms with Crippen molar-refractivity contribution in [2.45, 2.75) is 83.1 Å². The molecule has 0 aromatic carbocycles. The Labute approximate surface area is 237 Å². The fourth-order valence-corrected chi connectivity index (χ4v) is 5.76. The smallest absolute Gasteiger partial charge is 0.228 e. The Morgan fingerprint density at radius 3 is 2.42 bits per heavy atom. The van der Waals surface area contributed by atoms with Crippen LogP contribution in [0.15, 0.2) is 16.6 Å². The number of piperidine rings is 2. The molecule has 228 valence electrons. The third-order valence-electron chi connectivity index (χ3n) is 8.35. The number of amides is 2. The van der Waals surface area contributed by atoms with Crippen molar-refractivity contribution in [3.05, 3.63) is 11.6 Å². The van der Waals surface area contributed by atoms with Gasteiger partial charge in [0.25, 0.3) is 0 Å². The summed E-state index contributed by atoms with van der Waals surface area (Å²) in [7, 11) is 0. The number of nitrogens with two attached hydrogens (primary N) is 2. The fourth-order valence-electron chi connectivity index (χ4n) is 5.76. The minimum Gasteiger partial charge on any atom is -0.378 e. The van der Waals surface area contributed by atoms with Crippen LogP contribution in [-0.4, -0.2) is 117 Å². The molecule has 3 saturated heterocycles. The number of carbonyl (C=O) groups is 2. The van der Waals surface area contributed by atoms with Crippen LogP contribution in [0.2, 0.25) is 0 Å². The number of ether oxygens (including phenoxy) is 1. The summed E-state index contributed by atoms with van der Waals surface area (Å²) in [6, 6.07) is -1.83. The third kappa shape index (κ3) is 8.75. The number of hydrogen-bond acceptors (Lipinski definition) is 8. The molecule has 6 N–H and O–H groups in total. The van der Waals surface area contributed by atoms with Crippen LogP contribution in [0.3, 0.4) is 0 Å². The number of rotatable bonds is 11. The quantitative estimate of drug-likeness (QED) is 0.164. The van der Waals surface area contributed by atoms with Crippen LogP contribution in [0.5, 0.6) is 0 Å². The topological polar surface area (TPSA) is 138 Å². The molecule has 3 heterocycles. The summed E-state index contributed by atoms with van der Waals surface area (Å²) >= 11 is 0. The molecule has 0 aromatic heterocycles. The molecule has 6 atom stereocenters. The average molecular weight is 570 g/mol. The maximum atomic E-state index is 15.4. The highest BCUT2D eigenvalue weighted by molar-refractivity contribution is 5.81. The summed E-state index contributed by atoms with van der Waals surface area (Å²) < 4.78 is 34.8. The molecule has 10 nitrogen and oxygen atoms in total. The van der Waals surface area contributed by atoms with Gasteiger partial charge in [0.2, 0.25) is 11.8 Å². The third-order valence-corrected chi connectivity index (χ3v) is 8.35. The second-order valence-corrected chi connectivity index (χ2v) is 11.2. The number of nitrogens with zero attached hydrogens (tertiary/aromatic N) is 3. The first-order valence-electron chi connectivity index (χ1n) is 14.8. The van der Waals surface area contributed by atoms with Gasteiger partial charge in [0, 0.05) is 38.3 Å². The summed E-state index contributed by atoms with van der Waals surface area (Å²) in [5.74, 6) is -1.33. The van der Waals surface area contributed by atoms with Gasteiger partial charge in [-0.1, -0.05) is 25.5 Å². The standard InChI is InChI=1S/C28H49F2N7O3/c1-4-18(3)14-22(34-15-20(29)5-2)24(26(31)32)27(38)35-23-17-33-16-21(30)25(23)36-8-6-19(7-9-36)28(39)37-10-12-40-13-11-37/h14-15,19-26,33H,4-13,16-17,31-32H2,1-3H3,(H,35,38)/b18-14-,34-15?. The molecule has 3 aliphatic rings. The second kappa shape index (κ2) is 15.9. The maximum absolute atomic E-state index is 15.4. The van der Waals surface area contributed by atoms with Gasteiger partial charge < -0.3 is 31.7 Å². The predicted molar refractivity (Wildman–Crippen MR) is 152 cm³/mol. The number of allylic oxidation sites excluding steroid dienone is 1. The first-order chi connectivity index (χ1) is 19.2. The van der Waals surface area contributed by atoms with Gasteiger partial charge in [-0.05, 0) is 45.7 Å². The van der Waals surface area contributed by atoms with E-state index in [1.807, 2.05) is 18.7 Å². The predicted octanol–water partition coefficient (Wildman–Crippen LogP) is 0.755. The lowest BCUT2D eigenvalue weighted by atomic mass is 9.89. The zero-order chi connectivity index (χ0) is 29.2. The Morgan fingerprint density at radius 1 is 1.15 bits per heavy atom. The summed E-state index contributed by atoms with van der Waals surface area (Å²) in [6.07, 6.45) is 1.79. The van der Waals surface area contributed by atoms with Crippen LogP contribution in [0.25, 0.3) is 0 Å². The van der Waals surface area contributed by atoms with E-state index in [4.69, 9.17) is 16.2 Å². The highest BCUT2D eigenvalue weighted by Crippen LogP contribution is 2.26. The van der Waals surface area contributed by atoms with E-state index in [9.17, 15) is 14.0 Å². The highest BCUT2D eigenvalue weighted by atomic mass is 19.1. The normalized spacial score (nSPS) is 28.1. The molecule has 0 bridgehead atoms. The van der Waals surface area contributed by atoms with Gasteiger partial charge in [-0.25, -0.2) is 8.78 Å². The number of carbonyl (C=O) groups excluding carboxylic acids is 2. The number of nitrogens with one attached hydrogen (secondary N) is 2. The van der Waals surface area contributed by atoms with Crippen molar-refractivity contribution in [1.29, 1.82) is 0 Å². The van der Waals surface area contributed by atoms with E-state index in [0.29, 0.717) is 58.8 Å². The Hall–Kier alpha value is -1.99. The Morgan fingerprint density at radius 2 is 1.82 bits per heavy atom. The molecular weight excluding hydrogens is 520 g/mol. The lowest BCUT2D eigenvalue weighted by molar-refractivity contribution is -0.141. The first-order valence-corrected chi connectivity index (χ1v) is 14.8. The zero-order valence-corrected chi connectivity index (χ0v) is 24.2. The Kier molecular flexibility index (Phi) is 12.9. The van der Waals surface area contributed by atoms with Crippen LogP contribution in [0.4, 0.5) is 8.78 Å². The van der Waals surface area contributed by atoms with Crippen LogP contribution < -0.4 is 22.1 Å². The Balaban J connectivity index is 1.71. The number of alkyl halides is 2. The fraction of sp³-hybridized carbons (Fsp3) is 0.821. The molecule has 3 aliphatic heterocycles. The summed E-state index contributed by atoms with van der Waals surface area (Å²) in [5.41, 5.74) is 13.1. The van der Waals surface area contributed by atoms with Gasteiger partial charge in [-0.2, -0.15) is 0 Å². The highest BCUT2D eigenvalue weighted by Gasteiger charge is 2.42. The van der Waals surface area contributed by atoms with Crippen LogP contribution in [0.1, 0.15) is 46.5 Å². The first kappa shape index (κ1) is 32.5.